The maximum atomic E-state index is 12.5. The van der Waals surface area contributed by atoms with Crippen molar-refractivity contribution in [3.8, 4) is 10.6 Å². The van der Waals surface area contributed by atoms with E-state index in [1.54, 1.807) is 30.5 Å². The lowest BCUT2D eigenvalue weighted by atomic mass is 10.2. The predicted octanol–water partition coefficient (Wildman–Crippen LogP) is 3.79. The van der Waals surface area contributed by atoms with E-state index in [9.17, 15) is 9.90 Å². The Labute approximate surface area is 166 Å². The average molecular weight is 418 g/mol. The third-order valence-electron chi connectivity index (χ3n) is 3.67. The van der Waals surface area contributed by atoms with E-state index in [0.29, 0.717) is 31.8 Å². The van der Waals surface area contributed by atoms with Crippen LogP contribution < -0.4 is 11.1 Å². The van der Waals surface area contributed by atoms with Crippen molar-refractivity contribution in [1.82, 2.24) is 15.0 Å². The van der Waals surface area contributed by atoms with Crippen molar-refractivity contribution in [1.29, 1.82) is 0 Å². The lowest BCUT2D eigenvalue weighted by molar-refractivity contribution is 0.103. The summed E-state index contributed by atoms with van der Waals surface area (Å²) in [6.07, 6.45) is 1.57. The highest BCUT2D eigenvalue weighted by atomic mass is 35.5. The van der Waals surface area contributed by atoms with E-state index in [-0.39, 0.29) is 18.5 Å². The van der Waals surface area contributed by atoms with Crippen molar-refractivity contribution < 1.29 is 9.90 Å². The zero-order valence-electron chi connectivity index (χ0n) is 13.6. The second-order valence-corrected chi connectivity index (χ2v) is 8.04. The number of hydrogen-bond donors (Lipinski definition) is 3. The summed E-state index contributed by atoms with van der Waals surface area (Å²) >= 11 is 8.79. The van der Waals surface area contributed by atoms with E-state index >= 15 is 0 Å². The number of aliphatic hydroxyl groups excluding tert-OH is 1. The minimum absolute atomic E-state index is 0.110. The lowest BCUT2D eigenvalue weighted by Gasteiger charge is -1.98. The summed E-state index contributed by atoms with van der Waals surface area (Å²) in [7, 11) is 0. The molecule has 0 saturated heterocycles. The standard InChI is InChI=1S/C17H12ClN5O2S2/c18-9-5-8(7-24)6-13-14(9)22-17(27-13)23-15(25)12-2-1-11(26-12)10-3-4-20-16(19)21-10/h1-6,24H,7H2,(H2,19,20,21)(H,22,23,25). The predicted molar refractivity (Wildman–Crippen MR) is 108 cm³/mol. The Morgan fingerprint density at radius 3 is 2.85 bits per heavy atom. The molecular formula is C17H12ClN5O2S2. The number of nitrogens with two attached hydrogens (primary N) is 1. The molecule has 10 heteroatoms. The Kier molecular flexibility index (Phi) is 4.75. The van der Waals surface area contributed by atoms with E-state index in [2.05, 4.69) is 20.3 Å². The topological polar surface area (TPSA) is 114 Å². The molecule has 0 unspecified atom stereocenters. The van der Waals surface area contributed by atoms with Crippen LogP contribution in [0.25, 0.3) is 20.8 Å². The molecule has 4 N–H and O–H groups in total. The van der Waals surface area contributed by atoms with Gasteiger partial charge in [-0.15, -0.1) is 11.3 Å². The number of carbonyl (C=O) groups excluding carboxylic acids is 1. The Hall–Kier alpha value is -2.59. The quantitative estimate of drug-likeness (QED) is 0.465. The monoisotopic (exact) mass is 417 g/mol. The van der Waals surface area contributed by atoms with Crippen LogP contribution in [0.1, 0.15) is 15.2 Å². The molecule has 1 aromatic carbocycles. The number of amides is 1. The molecule has 0 saturated carbocycles. The fraction of sp³-hybridized carbons (Fsp3) is 0.0588. The number of fused-ring (bicyclic) bond motifs is 1. The Bertz CT molecular complexity index is 1160. The van der Waals surface area contributed by atoms with Gasteiger partial charge in [-0.05, 0) is 35.9 Å². The zero-order chi connectivity index (χ0) is 19.0. The minimum Gasteiger partial charge on any atom is -0.392 e. The summed E-state index contributed by atoms with van der Waals surface area (Å²) in [5.74, 6) is -0.0913. The first-order valence-corrected chi connectivity index (χ1v) is 9.74. The number of nitrogens with zero attached hydrogens (tertiary/aromatic N) is 3. The van der Waals surface area contributed by atoms with Crippen molar-refractivity contribution in [3.05, 3.63) is 52.0 Å². The highest BCUT2D eigenvalue weighted by molar-refractivity contribution is 7.22. The fourth-order valence-corrected chi connectivity index (χ4v) is 4.62. The van der Waals surface area contributed by atoms with Gasteiger partial charge in [0.1, 0.15) is 5.52 Å². The Morgan fingerprint density at radius 1 is 1.22 bits per heavy atom. The smallest absolute Gasteiger partial charge is 0.267 e. The number of nitrogen functional groups attached to an aromatic ring is 1. The number of thiophene rings is 1. The molecule has 136 valence electrons. The highest BCUT2D eigenvalue weighted by Gasteiger charge is 2.15. The fourth-order valence-electron chi connectivity index (χ4n) is 2.45. The van der Waals surface area contributed by atoms with Crippen LogP contribution in [0.5, 0.6) is 0 Å². The molecule has 0 aliphatic heterocycles. The van der Waals surface area contributed by atoms with Gasteiger partial charge >= 0.3 is 0 Å². The van der Waals surface area contributed by atoms with Gasteiger partial charge in [0.25, 0.3) is 5.91 Å². The van der Waals surface area contributed by atoms with E-state index in [1.807, 2.05) is 6.07 Å². The molecule has 0 fully saturated rings. The molecule has 3 heterocycles. The van der Waals surface area contributed by atoms with Crippen LogP contribution in [0.4, 0.5) is 11.1 Å². The van der Waals surface area contributed by atoms with Gasteiger partial charge in [0.2, 0.25) is 5.95 Å². The van der Waals surface area contributed by atoms with E-state index in [4.69, 9.17) is 17.3 Å². The van der Waals surface area contributed by atoms with Gasteiger partial charge < -0.3 is 10.8 Å². The number of benzene rings is 1. The number of rotatable bonds is 4. The molecule has 0 aliphatic rings. The van der Waals surface area contributed by atoms with E-state index in [1.165, 1.54) is 22.7 Å². The molecule has 0 bridgehead atoms. The zero-order valence-corrected chi connectivity index (χ0v) is 16.0. The van der Waals surface area contributed by atoms with Gasteiger partial charge in [0.05, 0.1) is 31.8 Å². The van der Waals surface area contributed by atoms with Gasteiger partial charge in [-0.2, -0.15) is 0 Å². The van der Waals surface area contributed by atoms with Crippen LogP contribution in [0, 0.1) is 0 Å². The number of anilines is 2. The van der Waals surface area contributed by atoms with Crippen molar-refractivity contribution in [2.24, 2.45) is 0 Å². The van der Waals surface area contributed by atoms with Crippen LogP contribution in [0.15, 0.2) is 36.5 Å². The van der Waals surface area contributed by atoms with Crippen molar-refractivity contribution in [2.45, 2.75) is 6.61 Å². The number of nitrogens with one attached hydrogen (secondary N) is 1. The van der Waals surface area contributed by atoms with Crippen LogP contribution in [-0.2, 0) is 6.61 Å². The Balaban J connectivity index is 1.58. The summed E-state index contributed by atoms with van der Waals surface area (Å²) in [6, 6.07) is 8.73. The molecule has 4 rings (SSSR count). The molecule has 0 radical (unpaired) electrons. The van der Waals surface area contributed by atoms with Crippen molar-refractivity contribution in [3.63, 3.8) is 0 Å². The molecule has 27 heavy (non-hydrogen) atoms. The summed E-state index contributed by atoms with van der Waals surface area (Å²) in [5, 5.41) is 12.9. The van der Waals surface area contributed by atoms with Crippen LogP contribution >= 0.6 is 34.3 Å². The third kappa shape index (κ3) is 3.62. The van der Waals surface area contributed by atoms with Crippen molar-refractivity contribution in [2.75, 3.05) is 11.1 Å². The van der Waals surface area contributed by atoms with Gasteiger partial charge in [0.15, 0.2) is 5.13 Å². The first kappa shape index (κ1) is 17.8. The molecule has 4 aromatic rings. The second-order valence-electron chi connectivity index (χ2n) is 5.52. The molecule has 3 aromatic heterocycles. The first-order chi connectivity index (χ1) is 13.0. The lowest BCUT2D eigenvalue weighted by Crippen LogP contribution is -2.09. The number of aromatic nitrogens is 3. The summed E-state index contributed by atoms with van der Waals surface area (Å²) in [6.45, 7) is -0.110. The maximum Gasteiger partial charge on any atom is 0.267 e. The number of halogens is 1. The van der Waals surface area contributed by atoms with Gasteiger partial charge in [0, 0.05) is 6.20 Å². The van der Waals surface area contributed by atoms with Gasteiger partial charge in [-0.3, -0.25) is 10.1 Å². The summed E-state index contributed by atoms with van der Waals surface area (Å²) in [4.78, 5) is 26.3. The van der Waals surface area contributed by atoms with Crippen LogP contribution in [-0.4, -0.2) is 26.0 Å². The second kappa shape index (κ2) is 7.20. The maximum absolute atomic E-state index is 12.5. The Morgan fingerprint density at radius 2 is 2.07 bits per heavy atom. The van der Waals surface area contributed by atoms with E-state index < -0.39 is 0 Å². The summed E-state index contributed by atoms with van der Waals surface area (Å²) in [5.41, 5.74) is 7.56. The first-order valence-electron chi connectivity index (χ1n) is 7.73. The number of hydrogen-bond acceptors (Lipinski definition) is 8. The highest BCUT2D eigenvalue weighted by Crippen LogP contribution is 2.33. The number of thiazole rings is 1. The van der Waals surface area contributed by atoms with Crippen molar-refractivity contribution >= 4 is 61.5 Å². The number of carbonyl (C=O) groups is 1. The number of aliphatic hydroxyl groups is 1. The molecule has 1 amide bonds. The van der Waals surface area contributed by atoms with Gasteiger partial charge in [-0.25, -0.2) is 15.0 Å². The SMILES string of the molecule is Nc1nccc(-c2ccc(C(=O)Nc3nc4c(Cl)cc(CO)cc4s3)s2)n1. The minimum atomic E-state index is -0.272. The molecule has 0 spiro atoms. The third-order valence-corrected chi connectivity index (χ3v) is 5.98. The van der Waals surface area contributed by atoms with Crippen LogP contribution in [0.3, 0.4) is 0 Å². The average Bonchev–Trinajstić information content (AvgIpc) is 3.28. The summed E-state index contributed by atoms with van der Waals surface area (Å²) < 4.78 is 0.796. The normalized spacial score (nSPS) is 11.0. The largest absolute Gasteiger partial charge is 0.392 e. The molecule has 0 aliphatic carbocycles. The van der Waals surface area contributed by atoms with Gasteiger partial charge in [-0.1, -0.05) is 22.9 Å². The molecule has 7 nitrogen and oxygen atoms in total. The molecular weight excluding hydrogens is 406 g/mol. The van der Waals surface area contributed by atoms with Crippen LogP contribution in [0.2, 0.25) is 5.02 Å². The van der Waals surface area contributed by atoms with E-state index in [0.717, 1.165) is 9.58 Å². The molecule has 0 atom stereocenters.